The van der Waals surface area contributed by atoms with Gasteiger partial charge in [0.25, 0.3) is 0 Å². The molecule has 0 amide bonds. The van der Waals surface area contributed by atoms with Crippen molar-refractivity contribution in [3.05, 3.63) is 0 Å². The van der Waals surface area contributed by atoms with E-state index in [1.165, 1.54) is 0 Å². The van der Waals surface area contributed by atoms with Crippen LogP contribution < -0.4 is 0 Å². The Labute approximate surface area is 71.0 Å². The molecule has 2 atom stereocenters. The highest BCUT2D eigenvalue weighted by molar-refractivity contribution is 7.80. The Morgan fingerprint density at radius 3 is 2.82 bits per heavy atom. The minimum atomic E-state index is -0.537. The fraction of sp³-hybridized carbons (Fsp3) is 0.714. The third-order valence-electron chi connectivity index (χ3n) is 1.96. The maximum absolute atomic E-state index is 10.5. The van der Waals surface area contributed by atoms with E-state index in [-0.39, 0.29) is 0 Å². The molecule has 1 fully saturated rings. The van der Waals surface area contributed by atoms with Crippen LogP contribution in [0, 0.1) is 0 Å². The number of thiocarbonyl (C=S) groups is 1. The van der Waals surface area contributed by atoms with Crippen molar-refractivity contribution in [1.29, 1.82) is 0 Å². The summed E-state index contributed by atoms with van der Waals surface area (Å²) in [6.45, 7) is 2.46. The number of likely N-dealkylation sites (tertiary alicyclic amines) is 1. The van der Waals surface area contributed by atoms with Gasteiger partial charge in [-0.2, -0.15) is 0 Å². The molecule has 1 heterocycles. The molecular weight excluding hydrogens is 162 g/mol. The highest BCUT2D eigenvalue weighted by atomic mass is 32.1. The molecule has 3 nitrogen and oxygen atoms in total. The smallest absolute Gasteiger partial charge is 0.145 e. The van der Waals surface area contributed by atoms with Crippen LogP contribution in [0.2, 0.25) is 0 Å². The van der Waals surface area contributed by atoms with E-state index in [9.17, 15) is 9.90 Å². The molecular formula is C7H11NO2S. The Morgan fingerprint density at radius 2 is 2.45 bits per heavy atom. The van der Waals surface area contributed by atoms with Gasteiger partial charge in [0.1, 0.15) is 12.3 Å². The SMILES string of the molecule is CC(=S)N1CC[C@@H](O)[C@H]1C=O. The van der Waals surface area contributed by atoms with Crippen LogP contribution in [0.5, 0.6) is 0 Å². The van der Waals surface area contributed by atoms with Crippen molar-refractivity contribution in [1.82, 2.24) is 4.90 Å². The Hall–Kier alpha value is -0.480. The number of aldehydes is 1. The fourth-order valence-corrected chi connectivity index (χ4v) is 1.54. The number of hydrogen-bond donors (Lipinski definition) is 1. The summed E-state index contributed by atoms with van der Waals surface area (Å²) in [5.74, 6) is 0. The molecule has 0 bridgehead atoms. The number of hydrogen-bond acceptors (Lipinski definition) is 3. The first-order chi connectivity index (χ1) is 5.16. The van der Waals surface area contributed by atoms with Gasteiger partial charge in [-0.05, 0) is 13.3 Å². The van der Waals surface area contributed by atoms with Crippen LogP contribution >= 0.6 is 12.2 Å². The van der Waals surface area contributed by atoms with Gasteiger partial charge in [-0.1, -0.05) is 12.2 Å². The highest BCUT2D eigenvalue weighted by Gasteiger charge is 2.32. The normalized spacial score (nSPS) is 30.5. The average molecular weight is 173 g/mol. The van der Waals surface area contributed by atoms with Gasteiger partial charge in [-0.15, -0.1) is 0 Å². The number of carbonyl (C=O) groups excluding carboxylic acids is 1. The van der Waals surface area contributed by atoms with Gasteiger partial charge in [0.15, 0.2) is 0 Å². The van der Waals surface area contributed by atoms with Crippen molar-refractivity contribution < 1.29 is 9.90 Å². The van der Waals surface area contributed by atoms with Gasteiger partial charge in [-0.3, -0.25) is 0 Å². The van der Waals surface area contributed by atoms with E-state index in [0.717, 1.165) is 6.29 Å². The Kier molecular flexibility index (Phi) is 2.57. The lowest BCUT2D eigenvalue weighted by Gasteiger charge is -2.21. The topological polar surface area (TPSA) is 40.5 Å². The van der Waals surface area contributed by atoms with Crippen LogP contribution in [0.4, 0.5) is 0 Å². The predicted octanol–water partition coefficient (Wildman–Crippen LogP) is -0.0322. The second kappa shape index (κ2) is 3.28. The summed E-state index contributed by atoms with van der Waals surface area (Å²) in [4.78, 5) is 12.9. The standard InChI is InChI=1S/C7H11NO2S/c1-5(11)8-3-2-7(10)6(8)4-9/h4,6-7,10H,2-3H2,1H3/t6-,7-/m1/s1. The monoisotopic (exact) mass is 173 g/mol. The van der Waals surface area contributed by atoms with Crippen LogP contribution in [0.25, 0.3) is 0 Å². The maximum Gasteiger partial charge on any atom is 0.145 e. The molecule has 1 rings (SSSR count). The van der Waals surface area contributed by atoms with E-state index in [1.54, 1.807) is 11.8 Å². The van der Waals surface area contributed by atoms with Crippen LogP contribution in [-0.4, -0.2) is 40.0 Å². The minimum absolute atomic E-state index is 0.410. The van der Waals surface area contributed by atoms with Crippen molar-refractivity contribution in [3.63, 3.8) is 0 Å². The Balaban J connectivity index is 2.68. The molecule has 62 valence electrons. The molecule has 0 unspecified atom stereocenters. The first-order valence-corrected chi connectivity index (χ1v) is 3.98. The van der Waals surface area contributed by atoms with Crippen molar-refractivity contribution in [3.8, 4) is 0 Å². The molecule has 0 aliphatic carbocycles. The summed E-state index contributed by atoms with van der Waals surface area (Å²) in [5.41, 5.74) is 0. The van der Waals surface area contributed by atoms with Crippen molar-refractivity contribution in [2.75, 3.05) is 6.54 Å². The lowest BCUT2D eigenvalue weighted by atomic mass is 10.2. The van der Waals surface area contributed by atoms with E-state index in [0.29, 0.717) is 18.0 Å². The summed E-state index contributed by atoms with van der Waals surface area (Å²) in [6.07, 6.45) is 0.857. The first-order valence-electron chi connectivity index (χ1n) is 3.57. The molecule has 0 radical (unpaired) electrons. The van der Waals surface area contributed by atoms with Gasteiger partial charge in [0.05, 0.1) is 11.1 Å². The second-order valence-corrected chi connectivity index (χ2v) is 3.29. The van der Waals surface area contributed by atoms with Gasteiger partial charge in [-0.25, -0.2) is 0 Å². The molecule has 4 heteroatoms. The number of nitrogens with zero attached hydrogens (tertiary/aromatic N) is 1. The minimum Gasteiger partial charge on any atom is -0.390 e. The van der Waals surface area contributed by atoms with E-state index >= 15 is 0 Å². The van der Waals surface area contributed by atoms with Crippen molar-refractivity contribution in [2.45, 2.75) is 25.5 Å². The number of aliphatic hydroxyl groups excluding tert-OH is 1. The third kappa shape index (κ3) is 1.57. The number of carbonyl (C=O) groups is 1. The molecule has 1 N–H and O–H groups in total. The number of aliphatic hydroxyl groups is 1. The van der Waals surface area contributed by atoms with Gasteiger partial charge >= 0.3 is 0 Å². The highest BCUT2D eigenvalue weighted by Crippen LogP contribution is 2.16. The molecule has 1 saturated heterocycles. The Morgan fingerprint density at radius 1 is 1.82 bits per heavy atom. The fourth-order valence-electron chi connectivity index (χ4n) is 1.33. The van der Waals surface area contributed by atoms with Crippen molar-refractivity contribution >= 4 is 23.5 Å². The van der Waals surface area contributed by atoms with Crippen LogP contribution in [0.3, 0.4) is 0 Å². The Bertz CT molecular complexity index is 183. The van der Waals surface area contributed by atoms with Crippen molar-refractivity contribution in [2.24, 2.45) is 0 Å². The lowest BCUT2D eigenvalue weighted by molar-refractivity contribution is -0.112. The summed E-state index contributed by atoms with van der Waals surface area (Å²) in [6, 6.07) is -0.410. The molecule has 0 aromatic heterocycles. The van der Waals surface area contributed by atoms with Gasteiger partial charge < -0.3 is 14.8 Å². The van der Waals surface area contributed by atoms with Crippen LogP contribution in [0.1, 0.15) is 13.3 Å². The molecule has 0 saturated carbocycles. The molecule has 0 aromatic rings. The summed E-state index contributed by atoms with van der Waals surface area (Å²) in [5, 5.41) is 9.28. The quantitative estimate of drug-likeness (QED) is 0.446. The number of rotatable bonds is 1. The zero-order valence-electron chi connectivity index (χ0n) is 6.36. The summed E-state index contributed by atoms with van der Waals surface area (Å²) in [7, 11) is 0. The summed E-state index contributed by atoms with van der Waals surface area (Å²) >= 11 is 4.91. The lowest BCUT2D eigenvalue weighted by Crippen LogP contribution is -2.38. The zero-order valence-corrected chi connectivity index (χ0v) is 7.17. The average Bonchev–Trinajstić information content (AvgIpc) is 2.30. The van der Waals surface area contributed by atoms with Gasteiger partial charge in [0.2, 0.25) is 0 Å². The first kappa shape index (κ1) is 8.62. The van der Waals surface area contributed by atoms with E-state index in [4.69, 9.17) is 12.2 Å². The van der Waals surface area contributed by atoms with Crippen LogP contribution in [0.15, 0.2) is 0 Å². The van der Waals surface area contributed by atoms with E-state index in [1.807, 2.05) is 0 Å². The summed E-state index contributed by atoms with van der Waals surface area (Å²) < 4.78 is 0. The third-order valence-corrected chi connectivity index (χ3v) is 2.20. The van der Waals surface area contributed by atoms with Gasteiger partial charge in [0, 0.05) is 6.54 Å². The molecule has 1 aliphatic heterocycles. The maximum atomic E-state index is 10.5. The van der Waals surface area contributed by atoms with E-state index in [2.05, 4.69) is 0 Å². The molecule has 11 heavy (non-hydrogen) atoms. The molecule has 0 aromatic carbocycles. The molecule has 1 aliphatic rings. The largest absolute Gasteiger partial charge is 0.390 e. The predicted molar refractivity (Wildman–Crippen MR) is 45.5 cm³/mol. The second-order valence-electron chi connectivity index (χ2n) is 2.70. The zero-order chi connectivity index (χ0) is 8.43. The van der Waals surface area contributed by atoms with E-state index < -0.39 is 12.1 Å². The van der Waals surface area contributed by atoms with Crippen LogP contribution in [-0.2, 0) is 4.79 Å². The molecule has 0 spiro atoms.